The van der Waals surface area contributed by atoms with Gasteiger partial charge in [0.25, 0.3) is 0 Å². The topological polar surface area (TPSA) is 57.5 Å². The summed E-state index contributed by atoms with van der Waals surface area (Å²) < 4.78 is 11.7. The largest absolute Gasteiger partial charge is 0.358 e. The van der Waals surface area contributed by atoms with Gasteiger partial charge in [0.2, 0.25) is 0 Å². The molecule has 0 heterocycles. The zero-order chi connectivity index (χ0) is 9.35. The van der Waals surface area contributed by atoms with Crippen molar-refractivity contribution in [1.82, 2.24) is 0 Å². The summed E-state index contributed by atoms with van der Waals surface area (Å²) in [5, 5.41) is -0.00926. The zero-order valence-electron chi connectivity index (χ0n) is 5.74. The Balaban J connectivity index is 3.42. The lowest BCUT2D eigenvalue weighted by molar-refractivity contribution is 0.387. The Kier molecular flexibility index (Phi) is 3.12. The van der Waals surface area contributed by atoms with E-state index in [1.807, 2.05) is 0 Å². The molecule has 0 aliphatic heterocycles. The van der Waals surface area contributed by atoms with Crippen LogP contribution in [0.4, 0.5) is 0 Å². The highest BCUT2D eigenvalue weighted by atomic mass is 79.9. The van der Waals surface area contributed by atoms with E-state index in [0.29, 0.717) is 8.95 Å². The first-order valence-corrected chi connectivity index (χ1v) is 6.13. The molecule has 0 saturated carbocycles. The van der Waals surface area contributed by atoms with Crippen molar-refractivity contribution in [2.75, 3.05) is 0 Å². The molecule has 0 saturated heterocycles. The molecule has 2 N–H and O–H groups in total. The summed E-state index contributed by atoms with van der Waals surface area (Å²) >= 11 is 6.12. The van der Waals surface area contributed by atoms with Gasteiger partial charge in [0, 0.05) is 8.95 Å². The number of rotatable bonds is 1. The molecule has 0 bridgehead atoms. The molecule has 0 spiro atoms. The van der Waals surface area contributed by atoms with Gasteiger partial charge in [-0.2, -0.15) is 0 Å². The summed E-state index contributed by atoms with van der Waals surface area (Å²) in [6.45, 7) is 0. The molecule has 1 aromatic carbocycles. The molecule has 0 unspecified atom stereocenters. The van der Waals surface area contributed by atoms with Gasteiger partial charge in [-0.3, -0.25) is 4.57 Å². The second-order valence-corrected chi connectivity index (χ2v) is 5.36. The van der Waals surface area contributed by atoms with Gasteiger partial charge in [-0.1, -0.05) is 6.07 Å². The third kappa shape index (κ3) is 2.18. The van der Waals surface area contributed by atoms with Gasteiger partial charge in [0.05, 0.1) is 5.30 Å². The van der Waals surface area contributed by atoms with Gasteiger partial charge >= 0.3 is 7.60 Å². The van der Waals surface area contributed by atoms with E-state index in [4.69, 9.17) is 9.79 Å². The highest BCUT2D eigenvalue weighted by Gasteiger charge is 2.23. The van der Waals surface area contributed by atoms with Gasteiger partial charge in [-0.15, -0.1) is 0 Å². The van der Waals surface area contributed by atoms with Crippen molar-refractivity contribution in [1.29, 1.82) is 0 Å². The van der Waals surface area contributed by atoms with Crippen molar-refractivity contribution >= 4 is 44.8 Å². The minimum atomic E-state index is -4.19. The van der Waals surface area contributed by atoms with E-state index in [-0.39, 0.29) is 5.30 Å². The predicted octanol–water partition coefficient (Wildman–Crippen LogP) is 2.01. The number of halogens is 2. The quantitative estimate of drug-likeness (QED) is 0.780. The molecular weight excluding hydrogens is 311 g/mol. The summed E-state index contributed by atoms with van der Waals surface area (Å²) in [6.07, 6.45) is 0. The minimum Gasteiger partial charge on any atom is -0.321 e. The molecule has 3 nitrogen and oxygen atoms in total. The van der Waals surface area contributed by atoms with Crippen molar-refractivity contribution < 1.29 is 14.4 Å². The summed E-state index contributed by atoms with van der Waals surface area (Å²) in [4.78, 5) is 17.8. The maximum absolute atomic E-state index is 10.9. The Morgan fingerprint density at radius 1 is 1.17 bits per heavy atom. The molecule has 0 radical (unpaired) electrons. The van der Waals surface area contributed by atoms with Crippen LogP contribution in [0, 0.1) is 0 Å². The van der Waals surface area contributed by atoms with Crippen LogP contribution in [0.5, 0.6) is 0 Å². The van der Waals surface area contributed by atoms with Crippen LogP contribution >= 0.6 is 39.5 Å². The Morgan fingerprint density at radius 3 is 1.83 bits per heavy atom. The van der Waals surface area contributed by atoms with E-state index in [9.17, 15) is 4.57 Å². The van der Waals surface area contributed by atoms with Crippen molar-refractivity contribution in [2.45, 2.75) is 0 Å². The highest BCUT2D eigenvalue weighted by Crippen LogP contribution is 2.39. The predicted molar refractivity (Wildman–Crippen MR) is 53.5 cm³/mol. The fraction of sp³-hybridized carbons (Fsp3) is 0. The second-order valence-electron chi connectivity index (χ2n) is 2.11. The van der Waals surface area contributed by atoms with Gasteiger partial charge in [0.15, 0.2) is 0 Å². The number of benzene rings is 1. The lowest BCUT2D eigenvalue weighted by Gasteiger charge is -2.07. The lowest BCUT2D eigenvalue weighted by atomic mass is 10.4. The van der Waals surface area contributed by atoms with Crippen molar-refractivity contribution in [2.24, 2.45) is 0 Å². The van der Waals surface area contributed by atoms with Crippen molar-refractivity contribution in [3.05, 3.63) is 27.1 Å². The summed E-state index contributed by atoms with van der Waals surface area (Å²) in [5.41, 5.74) is 0. The van der Waals surface area contributed by atoms with E-state index in [1.165, 1.54) is 0 Å². The van der Waals surface area contributed by atoms with E-state index >= 15 is 0 Å². The smallest absolute Gasteiger partial charge is 0.321 e. The number of hydrogen-bond acceptors (Lipinski definition) is 1. The Bertz CT molecular complexity index is 326. The SMILES string of the molecule is O=P(O)(O)c1c(Br)cccc1Br. The number of hydrogen-bond donors (Lipinski definition) is 2. The zero-order valence-corrected chi connectivity index (χ0v) is 9.80. The summed E-state index contributed by atoms with van der Waals surface area (Å²) in [6, 6.07) is 4.85. The molecule has 0 aliphatic carbocycles. The molecule has 0 atom stereocenters. The first-order valence-electron chi connectivity index (χ1n) is 2.93. The van der Waals surface area contributed by atoms with Crippen LogP contribution in [0.25, 0.3) is 0 Å². The second kappa shape index (κ2) is 3.60. The molecule has 6 heteroatoms. The Labute approximate surface area is 86.2 Å². The molecular formula is C6H5Br2O3P. The first kappa shape index (κ1) is 10.4. The molecule has 66 valence electrons. The van der Waals surface area contributed by atoms with Gasteiger partial charge in [-0.25, -0.2) is 0 Å². The molecule has 0 fully saturated rings. The molecule has 0 aromatic heterocycles. The third-order valence-corrected chi connectivity index (χ3v) is 4.23. The van der Waals surface area contributed by atoms with Gasteiger partial charge in [-0.05, 0) is 44.0 Å². The Morgan fingerprint density at radius 2 is 1.58 bits per heavy atom. The summed E-state index contributed by atoms with van der Waals surface area (Å²) in [5.74, 6) is 0. The fourth-order valence-electron chi connectivity index (χ4n) is 0.767. The monoisotopic (exact) mass is 314 g/mol. The van der Waals surface area contributed by atoms with E-state index in [2.05, 4.69) is 31.9 Å². The van der Waals surface area contributed by atoms with Crippen molar-refractivity contribution in [3.63, 3.8) is 0 Å². The minimum absolute atomic E-state index is 0.00926. The molecule has 1 rings (SSSR count). The maximum atomic E-state index is 10.9. The first-order chi connectivity index (χ1) is 5.43. The van der Waals surface area contributed by atoms with Crippen LogP contribution in [0.1, 0.15) is 0 Å². The average molecular weight is 316 g/mol. The van der Waals surface area contributed by atoms with Crippen molar-refractivity contribution in [3.8, 4) is 0 Å². The molecule has 0 amide bonds. The van der Waals surface area contributed by atoms with E-state index in [0.717, 1.165) is 0 Å². The maximum Gasteiger partial charge on any atom is 0.358 e. The van der Waals surface area contributed by atoms with Crippen LogP contribution < -0.4 is 5.30 Å². The van der Waals surface area contributed by atoms with Gasteiger partial charge < -0.3 is 9.79 Å². The highest BCUT2D eigenvalue weighted by molar-refractivity contribution is 9.11. The normalized spacial score (nSPS) is 11.7. The summed E-state index contributed by atoms with van der Waals surface area (Å²) in [7, 11) is -4.19. The third-order valence-electron chi connectivity index (χ3n) is 1.23. The van der Waals surface area contributed by atoms with E-state index < -0.39 is 7.60 Å². The van der Waals surface area contributed by atoms with Crippen LogP contribution in [0.3, 0.4) is 0 Å². The molecule has 12 heavy (non-hydrogen) atoms. The molecule has 0 aliphatic rings. The lowest BCUT2D eigenvalue weighted by Crippen LogP contribution is -2.07. The van der Waals surface area contributed by atoms with Gasteiger partial charge in [0.1, 0.15) is 0 Å². The Hall–Kier alpha value is 0.330. The fourth-order valence-corrected chi connectivity index (χ4v) is 3.86. The van der Waals surface area contributed by atoms with Crippen LogP contribution in [0.2, 0.25) is 0 Å². The van der Waals surface area contributed by atoms with E-state index in [1.54, 1.807) is 18.2 Å². The van der Waals surface area contributed by atoms with Crippen LogP contribution in [-0.2, 0) is 4.57 Å². The van der Waals surface area contributed by atoms with Crippen LogP contribution in [0.15, 0.2) is 27.1 Å². The standard InChI is InChI=1S/C6H5Br2O3P/c7-4-2-1-3-5(8)6(4)12(9,10)11/h1-3H,(H2,9,10,11). The molecule has 1 aromatic rings. The van der Waals surface area contributed by atoms with Crippen LogP contribution in [-0.4, -0.2) is 9.79 Å². The average Bonchev–Trinajstić information content (AvgIpc) is 1.82.